The van der Waals surface area contributed by atoms with Gasteiger partial charge in [-0.15, -0.1) is 0 Å². The van der Waals surface area contributed by atoms with Crippen LogP contribution in [0.2, 0.25) is 10.0 Å². The highest BCUT2D eigenvalue weighted by Crippen LogP contribution is 2.27. The lowest BCUT2D eigenvalue weighted by Gasteiger charge is -2.31. The normalized spacial score (nSPS) is 11.4. The van der Waals surface area contributed by atoms with Gasteiger partial charge in [-0.2, -0.15) is 0 Å². The minimum absolute atomic E-state index is 0.197. The van der Waals surface area contributed by atoms with E-state index in [9.17, 15) is 9.59 Å². The highest BCUT2D eigenvalue weighted by atomic mass is 35.5. The van der Waals surface area contributed by atoms with Gasteiger partial charge in [-0.3, -0.25) is 9.59 Å². The molecule has 2 amide bonds. The predicted molar refractivity (Wildman–Crippen MR) is 138 cm³/mol. The van der Waals surface area contributed by atoms with Crippen LogP contribution in [-0.4, -0.2) is 43.0 Å². The van der Waals surface area contributed by atoms with Crippen molar-refractivity contribution in [3.8, 4) is 11.5 Å². The van der Waals surface area contributed by atoms with Crippen LogP contribution in [0.5, 0.6) is 11.5 Å². The quantitative estimate of drug-likeness (QED) is 0.383. The molecule has 0 heterocycles. The van der Waals surface area contributed by atoms with Crippen LogP contribution in [0.3, 0.4) is 0 Å². The second-order valence-corrected chi connectivity index (χ2v) is 8.68. The third-order valence-electron chi connectivity index (χ3n) is 5.35. The van der Waals surface area contributed by atoms with E-state index in [1.807, 2.05) is 61.5 Å². The summed E-state index contributed by atoms with van der Waals surface area (Å²) in [5.41, 5.74) is 1.76. The summed E-state index contributed by atoms with van der Waals surface area (Å²) in [6.07, 6.45) is 0.351. The molecule has 0 aliphatic rings. The monoisotopic (exact) mass is 514 g/mol. The molecule has 3 aromatic rings. The van der Waals surface area contributed by atoms with Gasteiger partial charge in [-0.25, -0.2) is 0 Å². The largest absolute Gasteiger partial charge is 0.497 e. The molecule has 0 radical (unpaired) electrons. The molecule has 0 saturated heterocycles. The van der Waals surface area contributed by atoms with Gasteiger partial charge in [0.05, 0.1) is 12.1 Å². The Morgan fingerprint density at radius 2 is 1.71 bits per heavy atom. The Bertz CT molecular complexity index is 1140. The zero-order chi connectivity index (χ0) is 25.2. The van der Waals surface area contributed by atoms with Gasteiger partial charge in [0.2, 0.25) is 5.91 Å². The number of nitrogens with zero attached hydrogens (tertiary/aromatic N) is 1. The molecule has 184 valence electrons. The van der Waals surface area contributed by atoms with Crippen LogP contribution in [-0.2, 0) is 22.6 Å². The van der Waals surface area contributed by atoms with E-state index in [-0.39, 0.29) is 25.0 Å². The summed E-state index contributed by atoms with van der Waals surface area (Å²) in [6, 6.07) is 21.0. The molecule has 1 atom stereocenters. The topological polar surface area (TPSA) is 67.9 Å². The summed E-state index contributed by atoms with van der Waals surface area (Å²) in [5, 5.41) is 3.63. The number of hydrogen-bond donors (Lipinski definition) is 1. The molecule has 8 heteroatoms. The molecule has 0 aliphatic carbocycles. The summed E-state index contributed by atoms with van der Waals surface area (Å²) < 4.78 is 11.1. The number of methoxy groups -OCH3 is 1. The van der Waals surface area contributed by atoms with E-state index >= 15 is 0 Å². The van der Waals surface area contributed by atoms with Crippen molar-refractivity contribution < 1.29 is 19.1 Å². The number of rotatable bonds is 11. The number of amides is 2. The number of carbonyl (C=O) groups excluding carboxylic acids is 2. The number of ether oxygens (including phenoxy) is 2. The van der Waals surface area contributed by atoms with Gasteiger partial charge in [0.15, 0.2) is 6.61 Å². The number of halogens is 2. The maximum Gasteiger partial charge on any atom is 0.261 e. The lowest BCUT2D eigenvalue weighted by molar-refractivity contribution is -0.142. The lowest BCUT2D eigenvalue weighted by Crippen LogP contribution is -2.51. The summed E-state index contributed by atoms with van der Waals surface area (Å²) in [4.78, 5) is 28.2. The van der Waals surface area contributed by atoms with E-state index in [4.69, 9.17) is 32.7 Å². The minimum Gasteiger partial charge on any atom is -0.497 e. The average Bonchev–Trinajstić information content (AvgIpc) is 2.86. The molecule has 1 N–H and O–H groups in total. The van der Waals surface area contributed by atoms with E-state index in [2.05, 4.69) is 5.32 Å². The summed E-state index contributed by atoms with van der Waals surface area (Å²) >= 11 is 12.2. The maximum atomic E-state index is 13.5. The number of hydrogen-bond acceptors (Lipinski definition) is 4. The van der Waals surface area contributed by atoms with Crippen molar-refractivity contribution in [3.05, 3.63) is 94.0 Å². The van der Waals surface area contributed by atoms with Crippen LogP contribution in [0.1, 0.15) is 18.1 Å². The Morgan fingerprint density at radius 1 is 0.971 bits per heavy atom. The molecule has 0 aromatic heterocycles. The van der Waals surface area contributed by atoms with E-state index < -0.39 is 6.04 Å². The molecule has 0 aliphatic heterocycles. The molecule has 0 fully saturated rings. The van der Waals surface area contributed by atoms with Crippen LogP contribution in [0.4, 0.5) is 0 Å². The number of benzene rings is 3. The van der Waals surface area contributed by atoms with E-state index in [0.717, 1.165) is 11.1 Å². The molecule has 0 saturated carbocycles. The summed E-state index contributed by atoms with van der Waals surface area (Å²) in [6.45, 7) is 2.19. The Morgan fingerprint density at radius 3 is 2.40 bits per heavy atom. The Hall–Kier alpha value is -3.22. The Kier molecular flexibility index (Phi) is 9.82. The van der Waals surface area contributed by atoms with E-state index in [1.54, 1.807) is 25.3 Å². The zero-order valence-electron chi connectivity index (χ0n) is 19.7. The van der Waals surface area contributed by atoms with Crippen LogP contribution in [0.25, 0.3) is 0 Å². The first-order chi connectivity index (χ1) is 16.9. The molecule has 6 nitrogen and oxygen atoms in total. The van der Waals surface area contributed by atoms with Gasteiger partial charge in [0.1, 0.15) is 17.5 Å². The van der Waals surface area contributed by atoms with Gasteiger partial charge in [-0.1, -0.05) is 65.7 Å². The zero-order valence-corrected chi connectivity index (χ0v) is 21.2. The van der Waals surface area contributed by atoms with Crippen LogP contribution in [0, 0.1) is 0 Å². The summed E-state index contributed by atoms with van der Waals surface area (Å²) in [7, 11) is 1.58. The molecule has 0 bridgehead atoms. The van der Waals surface area contributed by atoms with Crippen molar-refractivity contribution in [1.82, 2.24) is 10.2 Å². The molecule has 3 rings (SSSR count). The van der Waals surface area contributed by atoms with Crippen LogP contribution in [0.15, 0.2) is 72.8 Å². The fourth-order valence-electron chi connectivity index (χ4n) is 3.63. The first-order valence-corrected chi connectivity index (χ1v) is 12.0. The number of likely N-dealkylation sites (N-methyl/N-ethyl adjacent to an activating group) is 1. The third kappa shape index (κ3) is 7.64. The average molecular weight is 515 g/mol. The summed E-state index contributed by atoms with van der Waals surface area (Å²) in [5.74, 6) is 0.406. The number of carbonyl (C=O) groups is 2. The molecule has 0 unspecified atom stereocenters. The second-order valence-electron chi connectivity index (χ2n) is 7.84. The minimum atomic E-state index is -0.750. The van der Waals surface area contributed by atoms with Crippen molar-refractivity contribution in [1.29, 1.82) is 0 Å². The fourth-order valence-corrected chi connectivity index (χ4v) is 4.09. The van der Waals surface area contributed by atoms with Crippen molar-refractivity contribution in [2.24, 2.45) is 0 Å². The maximum absolute atomic E-state index is 13.5. The van der Waals surface area contributed by atoms with Gasteiger partial charge < -0.3 is 19.7 Å². The molecule has 35 heavy (non-hydrogen) atoms. The van der Waals surface area contributed by atoms with E-state index in [0.29, 0.717) is 34.5 Å². The van der Waals surface area contributed by atoms with Gasteiger partial charge in [-0.05, 0) is 48.4 Å². The smallest absolute Gasteiger partial charge is 0.261 e. The fraction of sp³-hybridized carbons (Fsp3) is 0.259. The van der Waals surface area contributed by atoms with Crippen LogP contribution < -0.4 is 14.8 Å². The highest BCUT2D eigenvalue weighted by Gasteiger charge is 2.30. The van der Waals surface area contributed by atoms with Crippen molar-refractivity contribution in [2.45, 2.75) is 25.9 Å². The second kappa shape index (κ2) is 13.0. The molecule has 0 spiro atoms. The van der Waals surface area contributed by atoms with Crippen molar-refractivity contribution in [2.75, 3.05) is 20.3 Å². The Balaban J connectivity index is 1.91. The third-order valence-corrected chi connectivity index (χ3v) is 5.88. The van der Waals surface area contributed by atoms with Crippen LogP contribution >= 0.6 is 23.2 Å². The van der Waals surface area contributed by atoms with E-state index in [1.165, 1.54) is 4.90 Å². The van der Waals surface area contributed by atoms with Gasteiger partial charge in [0.25, 0.3) is 5.91 Å². The standard InChI is InChI=1S/C27H28Cl2N2O4/c1-3-30-27(33)24(15-19-8-5-4-6-9-19)31(17-20-10-7-11-22(14-20)34-2)26(32)18-35-25-13-12-21(28)16-23(25)29/h4-14,16,24H,3,15,17-18H2,1-2H3,(H,30,33)/t24-/m1/s1. The first kappa shape index (κ1) is 26.4. The number of nitrogens with one attached hydrogen (secondary N) is 1. The van der Waals surface area contributed by atoms with Crippen molar-refractivity contribution in [3.63, 3.8) is 0 Å². The van der Waals surface area contributed by atoms with Gasteiger partial charge >= 0.3 is 0 Å². The predicted octanol–water partition coefficient (Wildman–Crippen LogP) is 5.16. The van der Waals surface area contributed by atoms with Crippen molar-refractivity contribution >= 4 is 35.0 Å². The first-order valence-electron chi connectivity index (χ1n) is 11.2. The highest BCUT2D eigenvalue weighted by molar-refractivity contribution is 6.35. The van der Waals surface area contributed by atoms with Gasteiger partial charge in [0, 0.05) is 24.5 Å². The SMILES string of the molecule is CCNC(=O)[C@@H](Cc1ccccc1)N(Cc1cccc(OC)c1)C(=O)COc1ccc(Cl)cc1Cl. The Labute approximate surface area is 215 Å². The molecular formula is C27H28Cl2N2O4. The molecule has 3 aromatic carbocycles. The molecular weight excluding hydrogens is 487 g/mol. The lowest BCUT2D eigenvalue weighted by atomic mass is 10.0.